The average Bonchev–Trinajstić information content (AvgIpc) is 2.24. The molecule has 0 saturated heterocycles. The fourth-order valence-electron chi connectivity index (χ4n) is 1.26. The molecule has 0 aromatic carbocycles. The normalized spacial score (nSPS) is 15.3. The highest BCUT2D eigenvalue weighted by molar-refractivity contribution is 5.74. The first-order valence-electron chi connectivity index (χ1n) is 6.37. The third kappa shape index (κ3) is 5.34. The Bertz CT molecular complexity index is 387. The molecule has 0 saturated carbocycles. The van der Waals surface area contributed by atoms with Gasteiger partial charge < -0.3 is 9.47 Å². The SMILES string of the molecule is CC(C)(C)OC(=O)N1C=CN(C(=O)OC(C)(C)C)C=C1. The minimum atomic E-state index is -0.568. The molecule has 0 aliphatic carbocycles. The molecule has 0 radical (unpaired) electrons. The monoisotopic (exact) mass is 282 g/mol. The van der Waals surface area contributed by atoms with Crippen LogP contribution in [0.1, 0.15) is 41.5 Å². The summed E-state index contributed by atoms with van der Waals surface area (Å²) >= 11 is 0. The van der Waals surface area contributed by atoms with Crippen LogP contribution in [-0.2, 0) is 9.47 Å². The van der Waals surface area contributed by atoms with Crippen LogP contribution in [0.4, 0.5) is 9.59 Å². The van der Waals surface area contributed by atoms with Crippen molar-refractivity contribution in [3.8, 4) is 0 Å². The lowest BCUT2D eigenvalue weighted by atomic mass is 10.2. The molecule has 1 aliphatic rings. The smallest absolute Gasteiger partial charge is 0.418 e. The average molecular weight is 282 g/mol. The molecular weight excluding hydrogens is 260 g/mol. The van der Waals surface area contributed by atoms with Crippen LogP contribution in [0.25, 0.3) is 0 Å². The van der Waals surface area contributed by atoms with E-state index < -0.39 is 23.4 Å². The van der Waals surface area contributed by atoms with Gasteiger partial charge in [-0.05, 0) is 41.5 Å². The molecule has 0 atom stereocenters. The third-order valence-electron chi connectivity index (χ3n) is 1.98. The van der Waals surface area contributed by atoms with Gasteiger partial charge in [-0.2, -0.15) is 0 Å². The van der Waals surface area contributed by atoms with Gasteiger partial charge in [-0.15, -0.1) is 0 Å². The molecule has 0 N–H and O–H groups in total. The van der Waals surface area contributed by atoms with E-state index in [2.05, 4.69) is 0 Å². The maximum Gasteiger partial charge on any atom is 0.418 e. The standard InChI is InChI=1S/C14H22N2O4/c1-13(2,3)19-11(17)15-7-9-16(10-8-15)12(18)20-14(4,5)6/h7-10H,1-6H3. The lowest BCUT2D eigenvalue weighted by molar-refractivity contribution is 0.0337. The molecule has 6 nitrogen and oxygen atoms in total. The lowest BCUT2D eigenvalue weighted by Gasteiger charge is -2.27. The number of carbonyl (C=O) groups excluding carboxylic acids is 2. The zero-order valence-corrected chi connectivity index (χ0v) is 12.8. The topological polar surface area (TPSA) is 59.1 Å². The Labute approximate surface area is 119 Å². The summed E-state index contributed by atoms with van der Waals surface area (Å²) in [5.41, 5.74) is -1.14. The van der Waals surface area contributed by atoms with Crippen molar-refractivity contribution in [1.82, 2.24) is 9.80 Å². The van der Waals surface area contributed by atoms with Gasteiger partial charge in [-0.1, -0.05) is 0 Å². The van der Waals surface area contributed by atoms with Crippen molar-refractivity contribution in [1.29, 1.82) is 0 Å². The van der Waals surface area contributed by atoms with Gasteiger partial charge in [0.2, 0.25) is 0 Å². The number of nitrogens with zero attached hydrogens (tertiary/aromatic N) is 2. The zero-order chi connectivity index (χ0) is 15.6. The highest BCUT2D eigenvalue weighted by Crippen LogP contribution is 2.15. The van der Waals surface area contributed by atoms with Crippen LogP contribution in [0, 0.1) is 0 Å². The van der Waals surface area contributed by atoms with Crippen molar-refractivity contribution >= 4 is 12.2 Å². The third-order valence-corrected chi connectivity index (χ3v) is 1.98. The van der Waals surface area contributed by atoms with E-state index >= 15 is 0 Å². The Kier molecular flexibility index (Phi) is 4.47. The predicted molar refractivity (Wildman–Crippen MR) is 74.4 cm³/mol. The minimum absolute atomic E-state index is 0.506. The van der Waals surface area contributed by atoms with Crippen molar-refractivity contribution in [2.75, 3.05) is 0 Å². The van der Waals surface area contributed by atoms with Crippen LogP contribution in [-0.4, -0.2) is 33.2 Å². The number of hydrogen-bond donors (Lipinski definition) is 0. The van der Waals surface area contributed by atoms with Gasteiger partial charge >= 0.3 is 12.2 Å². The number of carbonyl (C=O) groups is 2. The lowest BCUT2D eigenvalue weighted by Crippen LogP contribution is -2.35. The molecule has 1 heterocycles. The van der Waals surface area contributed by atoms with Crippen LogP contribution in [0.5, 0.6) is 0 Å². The Balaban J connectivity index is 2.60. The molecule has 0 fully saturated rings. The highest BCUT2D eigenvalue weighted by atomic mass is 16.6. The second-order valence-electron chi connectivity index (χ2n) is 6.37. The zero-order valence-electron chi connectivity index (χ0n) is 12.8. The van der Waals surface area contributed by atoms with E-state index in [1.165, 1.54) is 34.6 Å². The van der Waals surface area contributed by atoms with Gasteiger partial charge in [0, 0.05) is 24.8 Å². The number of hydrogen-bond acceptors (Lipinski definition) is 4. The van der Waals surface area contributed by atoms with Crippen LogP contribution in [0.3, 0.4) is 0 Å². The summed E-state index contributed by atoms with van der Waals surface area (Å²) in [6.45, 7) is 10.7. The quantitative estimate of drug-likeness (QED) is 0.683. The molecule has 0 aromatic rings. The van der Waals surface area contributed by atoms with E-state index in [-0.39, 0.29) is 0 Å². The molecule has 0 aromatic heterocycles. The van der Waals surface area contributed by atoms with Crippen molar-refractivity contribution in [2.24, 2.45) is 0 Å². The summed E-state index contributed by atoms with van der Waals surface area (Å²) in [7, 11) is 0. The summed E-state index contributed by atoms with van der Waals surface area (Å²) in [4.78, 5) is 26.1. The molecule has 6 heteroatoms. The summed E-state index contributed by atoms with van der Waals surface area (Å²) in [6.07, 6.45) is 4.76. The van der Waals surface area contributed by atoms with Crippen LogP contribution >= 0.6 is 0 Å². The van der Waals surface area contributed by atoms with E-state index in [0.717, 1.165) is 0 Å². The van der Waals surface area contributed by atoms with Gasteiger partial charge in [-0.3, -0.25) is 9.80 Å². The van der Waals surface area contributed by atoms with Gasteiger partial charge in [0.05, 0.1) is 0 Å². The van der Waals surface area contributed by atoms with Crippen LogP contribution in [0.2, 0.25) is 0 Å². The first-order valence-corrected chi connectivity index (χ1v) is 6.37. The molecule has 1 aliphatic heterocycles. The minimum Gasteiger partial charge on any atom is -0.443 e. The van der Waals surface area contributed by atoms with E-state index in [9.17, 15) is 9.59 Å². The maximum atomic E-state index is 11.8. The Morgan fingerprint density at radius 1 is 0.700 bits per heavy atom. The van der Waals surface area contributed by atoms with Crippen molar-refractivity contribution in [2.45, 2.75) is 52.7 Å². The van der Waals surface area contributed by atoms with Crippen LogP contribution in [0.15, 0.2) is 24.8 Å². The van der Waals surface area contributed by atoms with E-state index in [1.54, 1.807) is 41.5 Å². The van der Waals surface area contributed by atoms with E-state index in [0.29, 0.717) is 0 Å². The molecule has 2 amide bonds. The summed E-state index contributed by atoms with van der Waals surface area (Å²) in [5.74, 6) is 0. The van der Waals surface area contributed by atoms with Crippen LogP contribution < -0.4 is 0 Å². The van der Waals surface area contributed by atoms with Crippen molar-refractivity contribution < 1.29 is 19.1 Å². The van der Waals surface area contributed by atoms with Gasteiger partial charge in [0.25, 0.3) is 0 Å². The molecule has 112 valence electrons. The summed E-state index contributed by atoms with van der Waals surface area (Å²) < 4.78 is 10.4. The first-order chi connectivity index (χ1) is 8.98. The number of rotatable bonds is 0. The number of amides is 2. The second-order valence-corrected chi connectivity index (χ2v) is 6.37. The molecule has 0 bridgehead atoms. The van der Waals surface area contributed by atoms with Gasteiger partial charge in [0.15, 0.2) is 0 Å². The number of ether oxygens (including phenoxy) is 2. The molecular formula is C14H22N2O4. The van der Waals surface area contributed by atoms with Gasteiger partial charge in [-0.25, -0.2) is 9.59 Å². The fraction of sp³-hybridized carbons (Fsp3) is 0.571. The Morgan fingerprint density at radius 3 is 1.15 bits per heavy atom. The van der Waals surface area contributed by atoms with E-state index in [1.807, 2.05) is 0 Å². The fourth-order valence-corrected chi connectivity index (χ4v) is 1.26. The summed E-state index contributed by atoms with van der Waals surface area (Å²) in [5, 5.41) is 0. The second kappa shape index (κ2) is 5.56. The Morgan fingerprint density at radius 2 is 0.950 bits per heavy atom. The van der Waals surface area contributed by atoms with Crippen molar-refractivity contribution in [3.63, 3.8) is 0 Å². The maximum absolute atomic E-state index is 11.8. The largest absolute Gasteiger partial charge is 0.443 e. The first kappa shape index (κ1) is 16.1. The van der Waals surface area contributed by atoms with E-state index in [4.69, 9.17) is 9.47 Å². The predicted octanol–water partition coefficient (Wildman–Crippen LogP) is 3.42. The molecule has 20 heavy (non-hydrogen) atoms. The summed E-state index contributed by atoms with van der Waals surface area (Å²) in [6, 6.07) is 0. The van der Waals surface area contributed by atoms with Crippen molar-refractivity contribution in [3.05, 3.63) is 24.8 Å². The van der Waals surface area contributed by atoms with Gasteiger partial charge in [0.1, 0.15) is 11.2 Å². The molecule has 0 unspecified atom stereocenters. The highest BCUT2D eigenvalue weighted by Gasteiger charge is 2.24. The molecule has 1 rings (SSSR count). The molecule has 0 spiro atoms. The Hall–Kier alpha value is -1.98.